The fourth-order valence-corrected chi connectivity index (χ4v) is 4.06. The molecular formula is C13H21BrN4O2. The smallest absolute Gasteiger partial charge is 0.253 e. The molecule has 0 aromatic heterocycles. The lowest BCUT2D eigenvalue weighted by molar-refractivity contribution is -0.140. The number of azide groups is 1. The van der Waals surface area contributed by atoms with Crippen LogP contribution in [0, 0.1) is 5.41 Å². The highest BCUT2D eigenvalue weighted by Gasteiger charge is 2.57. The van der Waals surface area contributed by atoms with E-state index < -0.39 is 17.7 Å². The van der Waals surface area contributed by atoms with Gasteiger partial charge in [-0.15, -0.1) is 0 Å². The van der Waals surface area contributed by atoms with Crippen LogP contribution in [0.3, 0.4) is 0 Å². The van der Waals surface area contributed by atoms with E-state index in [1.807, 2.05) is 6.92 Å². The van der Waals surface area contributed by atoms with E-state index >= 15 is 0 Å². The van der Waals surface area contributed by atoms with Crippen LogP contribution in [0.4, 0.5) is 0 Å². The van der Waals surface area contributed by atoms with Crippen molar-refractivity contribution < 1.29 is 9.53 Å². The summed E-state index contributed by atoms with van der Waals surface area (Å²) in [6, 6.07) is 0.172. The standard InChI is InChI=1S/C13H21BrN4O2/c1-13(8-14)10(20-2)11(19)18(12(13)16-17-15)9-6-4-3-5-7-9/h9-10,12H,3-8H2,1-2H3/t10-,12-,13+/m1/s1. The van der Waals surface area contributed by atoms with Crippen molar-refractivity contribution in [3.8, 4) is 0 Å². The molecule has 2 rings (SSSR count). The van der Waals surface area contributed by atoms with Gasteiger partial charge in [0.25, 0.3) is 5.91 Å². The van der Waals surface area contributed by atoms with Crippen LogP contribution in [0.2, 0.25) is 0 Å². The number of alkyl halides is 1. The van der Waals surface area contributed by atoms with Crippen LogP contribution in [-0.2, 0) is 9.53 Å². The summed E-state index contributed by atoms with van der Waals surface area (Å²) in [5, 5.41) is 4.48. The van der Waals surface area contributed by atoms with Gasteiger partial charge in [0.2, 0.25) is 0 Å². The number of nitrogens with zero attached hydrogens (tertiary/aromatic N) is 4. The first-order valence-corrected chi connectivity index (χ1v) is 8.17. The van der Waals surface area contributed by atoms with Crippen molar-refractivity contribution in [3.05, 3.63) is 10.4 Å². The summed E-state index contributed by atoms with van der Waals surface area (Å²) >= 11 is 3.46. The number of carbonyl (C=O) groups is 1. The Morgan fingerprint density at radius 3 is 2.65 bits per heavy atom. The van der Waals surface area contributed by atoms with Crippen LogP contribution in [0.1, 0.15) is 39.0 Å². The molecule has 20 heavy (non-hydrogen) atoms. The maximum atomic E-state index is 12.7. The molecule has 0 bridgehead atoms. The van der Waals surface area contributed by atoms with Crippen molar-refractivity contribution in [2.24, 2.45) is 10.5 Å². The average molecular weight is 345 g/mol. The zero-order valence-corrected chi connectivity index (χ0v) is 13.5. The molecule has 0 radical (unpaired) electrons. The van der Waals surface area contributed by atoms with E-state index in [2.05, 4.69) is 26.0 Å². The molecular weight excluding hydrogens is 324 g/mol. The van der Waals surface area contributed by atoms with E-state index in [0.717, 1.165) is 25.7 Å². The highest BCUT2D eigenvalue weighted by atomic mass is 79.9. The number of likely N-dealkylation sites (tertiary alicyclic amines) is 1. The summed E-state index contributed by atoms with van der Waals surface area (Å²) in [5.41, 5.74) is 8.35. The third-order valence-corrected chi connectivity index (χ3v) is 5.79. The Kier molecular flexibility index (Phi) is 4.94. The second-order valence-corrected chi connectivity index (χ2v) is 6.43. The Labute approximate surface area is 127 Å². The van der Waals surface area contributed by atoms with Crippen molar-refractivity contribution in [1.29, 1.82) is 0 Å². The van der Waals surface area contributed by atoms with Crippen LogP contribution in [-0.4, -0.2) is 41.6 Å². The number of hydrogen-bond acceptors (Lipinski definition) is 3. The van der Waals surface area contributed by atoms with Gasteiger partial charge in [-0.1, -0.05) is 47.2 Å². The third-order valence-electron chi connectivity index (χ3n) is 4.58. The largest absolute Gasteiger partial charge is 0.371 e. The minimum absolute atomic E-state index is 0.0428. The number of ether oxygens (including phenoxy) is 1. The molecule has 2 aliphatic rings. The topological polar surface area (TPSA) is 78.3 Å². The zero-order valence-electron chi connectivity index (χ0n) is 12.0. The number of halogens is 1. The number of carbonyl (C=O) groups excluding carboxylic acids is 1. The maximum Gasteiger partial charge on any atom is 0.253 e. The van der Waals surface area contributed by atoms with Gasteiger partial charge in [-0.05, 0) is 18.4 Å². The quantitative estimate of drug-likeness (QED) is 0.339. The molecule has 1 heterocycles. The van der Waals surface area contributed by atoms with Gasteiger partial charge in [0.15, 0.2) is 0 Å². The van der Waals surface area contributed by atoms with Crippen LogP contribution in [0.5, 0.6) is 0 Å². The third kappa shape index (κ3) is 2.43. The van der Waals surface area contributed by atoms with Gasteiger partial charge < -0.3 is 9.64 Å². The highest BCUT2D eigenvalue weighted by molar-refractivity contribution is 9.09. The molecule has 7 heteroatoms. The Balaban J connectivity index is 2.37. The second kappa shape index (κ2) is 6.33. The maximum absolute atomic E-state index is 12.7. The molecule has 1 aliphatic carbocycles. The Morgan fingerprint density at radius 1 is 1.50 bits per heavy atom. The molecule has 6 nitrogen and oxygen atoms in total. The molecule has 0 unspecified atom stereocenters. The van der Waals surface area contributed by atoms with Crippen molar-refractivity contribution >= 4 is 21.8 Å². The molecule has 0 aromatic rings. The fourth-order valence-electron chi connectivity index (χ4n) is 3.48. The van der Waals surface area contributed by atoms with E-state index in [1.165, 1.54) is 6.42 Å². The molecule has 1 aliphatic heterocycles. The van der Waals surface area contributed by atoms with Gasteiger partial charge in [-0.25, -0.2) is 0 Å². The van der Waals surface area contributed by atoms with Crippen LogP contribution in [0.15, 0.2) is 5.11 Å². The second-order valence-electron chi connectivity index (χ2n) is 5.87. The van der Waals surface area contributed by atoms with Crippen molar-refractivity contribution in [2.75, 3.05) is 12.4 Å². The minimum atomic E-state index is -0.556. The number of methoxy groups -OCH3 is 1. The number of amides is 1. The van der Waals surface area contributed by atoms with Crippen LogP contribution in [0.25, 0.3) is 10.4 Å². The Morgan fingerprint density at radius 2 is 2.15 bits per heavy atom. The van der Waals surface area contributed by atoms with Gasteiger partial charge in [-0.3, -0.25) is 4.79 Å². The molecule has 1 saturated heterocycles. The monoisotopic (exact) mass is 344 g/mol. The normalized spacial score (nSPS) is 35.1. The molecule has 112 valence electrons. The number of hydrogen-bond donors (Lipinski definition) is 0. The molecule has 3 atom stereocenters. The van der Waals surface area contributed by atoms with Gasteiger partial charge in [0.05, 0.1) is 0 Å². The molecule has 1 saturated carbocycles. The van der Waals surface area contributed by atoms with Crippen LogP contribution < -0.4 is 0 Å². The van der Waals surface area contributed by atoms with E-state index in [4.69, 9.17) is 10.3 Å². The molecule has 0 spiro atoms. The molecule has 0 N–H and O–H groups in total. The highest BCUT2D eigenvalue weighted by Crippen LogP contribution is 2.44. The lowest BCUT2D eigenvalue weighted by Gasteiger charge is -2.37. The lowest BCUT2D eigenvalue weighted by atomic mass is 9.86. The van der Waals surface area contributed by atoms with Crippen molar-refractivity contribution in [2.45, 2.75) is 57.3 Å². The summed E-state index contributed by atoms with van der Waals surface area (Å²) in [4.78, 5) is 17.4. The van der Waals surface area contributed by atoms with Crippen LogP contribution >= 0.6 is 15.9 Å². The Bertz CT molecular complexity index is 421. The molecule has 1 amide bonds. The summed E-state index contributed by atoms with van der Waals surface area (Å²) in [6.07, 6.45) is 4.40. The summed E-state index contributed by atoms with van der Waals surface area (Å²) < 4.78 is 5.42. The van der Waals surface area contributed by atoms with E-state index in [1.54, 1.807) is 12.0 Å². The van der Waals surface area contributed by atoms with Gasteiger partial charge in [0, 0.05) is 28.8 Å². The van der Waals surface area contributed by atoms with E-state index in [-0.39, 0.29) is 11.9 Å². The van der Waals surface area contributed by atoms with Crippen molar-refractivity contribution in [1.82, 2.24) is 4.90 Å². The summed E-state index contributed by atoms with van der Waals surface area (Å²) in [7, 11) is 1.54. The zero-order chi connectivity index (χ0) is 14.8. The fraction of sp³-hybridized carbons (Fsp3) is 0.923. The first-order valence-electron chi connectivity index (χ1n) is 7.05. The van der Waals surface area contributed by atoms with Gasteiger partial charge in [-0.2, -0.15) is 0 Å². The number of rotatable bonds is 4. The Hall–Kier alpha value is -0.780. The minimum Gasteiger partial charge on any atom is -0.371 e. The summed E-state index contributed by atoms with van der Waals surface area (Å²) in [5.74, 6) is -0.0428. The average Bonchev–Trinajstić information content (AvgIpc) is 2.68. The first kappa shape index (κ1) is 15.6. The van der Waals surface area contributed by atoms with Gasteiger partial charge in [0.1, 0.15) is 12.3 Å². The van der Waals surface area contributed by atoms with Crippen molar-refractivity contribution in [3.63, 3.8) is 0 Å². The molecule has 2 fully saturated rings. The molecule has 0 aromatic carbocycles. The summed E-state index contributed by atoms with van der Waals surface area (Å²) in [6.45, 7) is 1.94. The van der Waals surface area contributed by atoms with E-state index in [9.17, 15) is 4.79 Å². The first-order chi connectivity index (χ1) is 9.60. The van der Waals surface area contributed by atoms with Gasteiger partial charge >= 0.3 is 0 Å². The van der Waals surface area contributed by atoms with E-state index in [0.29, 0.717) is 5.33 Å². The SMILES string of the molecule is CO[C@@H]1C(=O)N(C2CCCCC2)[C@@H](N=[N+]=[N-])[C@@]1(C)CBr. The predicted molar refractivity (Wildman–Crippen MR) is 79.4 cm³/mol. The predicted octanol–water partition coefficient (Wildman–Crippen LogP) is 3.21. The lowest BCUT2D eigenvalue weighted by Crippen LogP contribution is -2.45.